The van der Waals surface area contributed by atoms with Crippen molar-refractivity contribution in [1.29, 1.82) is 0 Å². The first-order chi connectivity index (χ1) is 19.1. The number of likely N-dealkylation sites (N-methyl/N-ethyl adjacent to an activating group) is 1. The molecule has 9 nitrogen and oxygen atoms in total. The summed E-state index contributed by atoms with van der Waals surface area (Å²) < 4.78 is 20.8. The highest BCUT2D eigenvalue weighted by Crippen LogP contribution is 2.32. The van der Waals surface area contributed by atoms with Crippen molar-refractivity contribution in [2.45, 2.75) is 52.6 Å². The highest BCUT2D eigenvalue weighted by Gasteiger charge is 2.39. The second-order valence-corrected chi connectivity index (χ2v) is 9.13. The number of pyridine rings is 1. The van der Waals surface area contributed by atoms with Gasteiger partial charge >= 0.3 is 0 Å². The van der Waals surface area contributed by atoms with Crippen LogP contribution in [0.5, 0.6) is 0 Å². The van der Waals surface area contributed by atoms with Crippen LogP contribution in [0.4, 0.5) is 10.1 Å². The van der Waals surface area contributed by atoms with Gasteiger partial charge in [-0.2, -0.15) is 0 Å². The number of aromatic nitrogens is 1. The quantitative estimate of drug-likeness (QED) is 0.384. The lowest BCUT2D eigenvalue weighted by Gasteiger charge is -2.33. The number of guanidine groups is 1. The molecular formula is C29H35ClFN5O4. The Morgan fingerprint density at radius 2 is 1.82 bits per heavy atom. The number of aliphatic imine (C=N–C) groups is 1. The molecule has 0 radical (unpaired) electrons. The molecule has 11 heteroatoms. The number of aliphatic hydroxyl groups is 1. The van der Waals surface area contributed by atoms with Gasteiger partial charge in [0.25, 0.3) is 11.8 Å². The third-order valence-corrected chi connectivity index (χ3v) is 5.50. The molecule has 3 aromatic rings. The number of carbonyl (C=O) groups is 2. The highest BCUT2D eigenvalue weighted by atomic mass is 35.5. The van der Waals surface area contributed by atoms with E-state index in [0.29, 0.717) is 10.7 Å². The lowest BCUT2D eigenvalue weighted by atomic mass is 9.98. The Labute approximate surface area is 238 Å². The molecule has 0 aliphatic carbocycles. The van der Waals surface area contributed by atoms with Gasteiger partial charge in [-0.3, -0.25) is 14.5 Å². The van der Waals surface area contributed by atoms with Gasteiger partial charge in [0.1, 0.15) is 17.6 Å². The monoisotopic (exact) mass is 571 g/mol. The number of halogens is 2. The maximum Gasteiger partial charge on any atom is 0.274 e. The summed E-state index contributed by atoms with van der Waals surface area (Å²) in [5.41, 5.74) is 7.24. The molecule has 1 aromatic heterocycles. The van der Waals surface area contributed by atoms with Crippen LogP contribution in [0.25, 0.3) is 0 Å². The zero-order valence-corrected chi connectivity index (χ0v) is 23.9. The molecule has 0 saturated heterocycles. The molecule has 2 unspecified atom stereocenters. The minimum atomic E-state index is -1.11. The summed E-state index contributed by atoms with van der Waals surface area (Å²) in [5.74, 6) is -1.63. The molecule has 0 bridgehead atoms. The van der Waals surface area contributed by atoms with E-state index in [1.165, 1.54) is 48.5 Å². The Morgan fingerprint density at radius 3 is 2.42 bits per heavy atom. The number of anilines is 1. The number of hydrogen-bond donors (Lipinski definition) is 3. The maximum atomic E-state index is 14.9. The minimum Gasteiger partial charge on any atom is -0.394 e. The number of benzene rings is 2. The second-order valence-electron chi connectivity index (χ2n) is 8.69. The number of ether oxygens (including phenoxy) is 1. The van der Waals surface area contributed by atoms with E-state index in [0.717, 1.165) is 5.56 Å². The number of nitrogens with zero attached hydrogens (tertiary/aromatic N) is 3. The average Bonchev–Trinajstić information content (AvgIpc) is 2.94. The van der Waals surface area contributed by atoms with E-state index in [1.54, 1.807) is 13.8 Å². The molecular weight excluding hydrogens is 537 g/mol. The van der Waals surface area contributed by atoms with Crippen molar-refractivity contribution in [1.82, 2.24) is 9.88 Å². The SMILES string of the molecule is CC.CC(C)O.CN1C(=O)C(OCc2ccccc2)C(c2cc(NC(=O)c3ccc(Cl)cn3)ccc2F)N=C1N. The van der Waals surface area contributed by atoms with Gasteiger partial charge in [-0.15, -0.1) is 0 Å². The van der Waals surface area contributed by atoms with Crippen LogP contribution in [-0.4, -0.2) is 52.0 Å². The van der Waals surface area contributed by atoms with Crippen molar-refractivity contribution < 1.29 is 23.8 Å². The minimum absolute atomic E-state index is 0.0596. The fourth-order valence-corrected chi connectivity index (χ4v) is 3.56. The van der Waals surface area contributed by atoms with E-state index in [2.05, 4.69) is 15.3 Å². The fourth-order valence-electron chi connectivity index (χ4n) is 3.44. The van der Waals surface area contributed by atoms with Crippen molar-refractivity contribution in [3.63, 3.8) is 0 Å². The van der Waals surface area contributed by atoms with E-state index < -0.39 is 29.8 Å². The molecule has 2 heterocycles. The predicted octanol–water partition coefficient (Wildman–Crippen LogP) is 4.95. The normalized spacial score (nSPS) is 16.3. The molecule has 4 N–H and O–H groups in total. The maximum absolute atomic E-state index is 14.9. The molecule has 0 fully saturated rings. The summed E-state index contributed by atoms with van der Waals surface area (Å²) in [5, 5.41) is 11.1. The van der Waals surface area contributed by atoms with Gasteiger partial charge < -0.3 is 20.9 Å². The summed E-state index contributed by atoms with van der Waals surface area (Å²) in [7, 11) is 1.47. The molecule has 214 valence electrons. The Kier molecular flexibility index (Phi) is 12.7. The molecule has 1 aliphatic heterocycles. The zero-order valence-electron chi connectivity index (χ0n) is 23.1. The molecule has 1 aliphatic rings. The van der Waals surface area contributed by atoms with Gasteiger partial charge in [-0.25, -0.2) is 14.4 Å². The number of hydrogen-bond acceptors (Lipinski definition) is 7. The molecule has 0 spiro atoms. The Balaban J connectivity index is 0.000000858. The summed E-state index contributed by atoms with van der Waals surface area (Å²) in [4.78, 5) is 34.9. The van der Waals surface area contributed by atoms with E-state index >= 15 is 0 Å². The van der Waals surface area contributed by atoms with Gasteiger partial charge in [0.2, 0.25) is 0 Å². The first kappa shape index (κ1) is 32.4. The van der Waals surface area contributed by atoms with Crippen LogP contribution in [0.2, 0.25) is 5.02 Å². The number of amides is 2. The van der Waals surface area contributed by atoms with Crippen molar-refractivity contribution >= 4 is 35.1 Å². The second kappa shape index (κ2) is 15.7. The van der Waals surface area contributed by atoms with Crippen LogP contribution in [0, 0.1) is 5.82 Å². The van der Waals surface area contributed by atoms with Crippen LogP contribution < -0.4 is 11.1 Å². The third-order valence-electron chi connectivity index (χ3n) is 5.28. The predicted molar refractivity (Wildman–Crippen MR) is 154 cm³/mol. The van der Waals surface area contributed by atoms with E-state index in [1.807, 2.05) is 44.2 Å². The largest absolute Gasteiger partial charge is 0.394 e. The van der Waals surface area contributed by atoms with Crippen molar-refractivity contribution in [3.8, 4) is 0 Å². The highest BCUT2D eigenvalue weighted by molar-refractivity contribution is 6.30. The van der Waals surface area contributed by atoms with E-state index in [9.17, 15) is 14.0 Å². The van der Waals surface area contributed by atoms with Crippen LogP contribution in [0.3, 0.4) is 0 Å². The van der Waals surface area contributed by atoms with Gasteiger partial charge in [0.05, 0.1) is 11.6 Å². The first-order valence-corrected chi connectivity index (χ1v) is 13.1. The number of nitrogens with two attached hydrogens (primary N) is 1. The lowest BCUT2D eigenvalue weighted by molar-refractivity contribution is -0.142. The third kappa shape index (κ3) is 9.11. The van der Waals surface area contributed by atoms with Gasteiger partial charge in [0, 0.05) is 30.6 Å². The fraction of sp³-hybridized carbons (Fsp3) is 0.310. The van der Waals surface area contributed by atoms with Gasteiger partial charge in [0.15, 0.2) is 12.1 Å². The summed E-state index contributed by atoms with van der Waals surface area (Å²) in [6.07, 6.45) is 0.0685. The van der Waals surface area contributed by atoms with Crippen molar-refractivity contribution in [3.05, 3.63) is 94.5 Å². The van der Waals surface area contributed by atoms with E-state index in [4.69, 9.17) is 27.2 Å². The van der Waals surface area contributed by atoms with Crippen LogP contribution in [-0.2, 0) is 16.1 Å². The molecule has 2 atom stereocenters. The number of carbonyl (C=O) groups excluding carboxylic acids is 2. The van der Waals surface area contributed by atoms with Crippen LogP contribution in [0.1, 0.15) is 55.4 Å². The Bertz CT molecular complexity index is 1290. The van der Waals surface area contributed by atoms with Gasteiger partial charge in [-0.05, 0) is 49.7 Å². The summed E-state index contributed by atoms with van der Waals surface area (Å²) in [6.45, 7) is 7.57. The summed E-state index contributed by atoms with van der Waals surface area (Å²) >= 11 is 5.81. The van der Waals surface area contributed by atoms with Crippen LogP contribution >= 0.6 is 11.6 Å². The Hall–Kier alpha value is -3.86. The van der Waals surface area contributed by atoms with Gasteiger partial charge in [-0.1, -0.05) is 55.8 Å². The number of aliphatic hydroxyl groups excluding tert-OH is 1. The summed E-state index contributed by atoms with van der Waals surface area (Å²) in [6, 6.07) is 15.2. The lowest BCUT2D eigenvalue weighted by Crippen LogP contribution is -2.51. The smallest absolute Gasteiger partial charge is 0.274 e. The molecule has 4 rings (SSSR count). The number of rotatable bonds is 6. The van der Waals surface area contributed by atoms with E-state index in [-0.39, 0.29) is 29.9 Å². The average molecular weight is 572 g/mol. The number of nitrogens with one attached hydrogen (secondary N) is 1. The molecule has 2 aromatic carbocycles. The topological polar surface area (TPSA) is 130 Å². The standard InChI is InChI=1S/C24H21ClFN5O3.C3H8O.C2H6/c1-31-23(33)21(34-13-14-5-3-2-4-6-14)20(30-24(31)27)17-11-16(8-9-18(17)26)29-22(32)19-10-7-15(25)12-28-19;1-3(2)4;1-2/h2-12,20-21H,13H2,1H3,(H2,27,30)(H,29,32);3-4H,1-2H3;1-2H3. The van der Waals surface area contributed by atoms with Crippen molar-refractivity contribution in [2.24, 2.45) is 10.7 Å². The van der Waals surface area contributed by atoms with Crippen LogP contribution in [0.15, 0.2) is 71.9 Å². The molecule has 40 heavy (non-hydrogen) atoms. The first-order valence-electron chi connectivity index (χ1n) is 12.7. The zero-order chi connectivity index (χ0) is 29.8. The molecule has 2 amide bonds. The van der Waals surface area contributed by atoms with Crippen molar-refractivity contribution in [2.75, 3.05) is 12.4 Å². The Morgan fingerprint density at radius 1 is 1.18 bits per heavy atom. The molecule has 0 saturated carbocycles.